The van der Waals surface area contributed by atoms with Gasteiger partial charge in [0, 0.05) is 28.2 Å². The number of nitrogens with zero attached hydrogens (tertiary/aromatic N) is 1. The average Bonchev–Trinajstić information content (AvgIpc) is 2.82. The van der Waals surface area contributed by atoms with E-state index in [1.54, 1.807) is 10.8 Å². The Morgan fingerprint density at radius 1 is 1.05 bits per heavy atom. The second-order valence-electron chi connectivity index (χ2n) is 4.56. The molecule has 100 valence electrons. The van der Waals surface area contributed by atoms with Crippen molar-refractivity contribution in [2.24, 2.45) is 0 Å². The van der Waals surface area contributed by atoms with Gasteiger partial charge in [0.2, 0.25) is 0 Å². The zero-order chi connectivity index (χ0) is 14.1. The molecule has 1 aromatic heterocycles. The van der Waals surface area contributed by atoms with Crippen LogP contribution in [0.2, 0.25) is 0 Å². The van der Waals surface area contributed by atoms with Crippen molar-refractivity contribution in [1.29, 1.82) is 0 Å². The summed E-state index contributed by atoms with van der Waals surface area (Å²) in [7, 11) is 0. The van der Waals surface area contributed by atoms with Gasteiger partial charge in [-0.1, -0.05) is 30.3 Å². The first-order valence-corrected chi connectivity index (χ1v) is 6.16. The highest BCUT2D eigenvalue weighted by molar-refractivity contribution is 5.97. The second kappa shape index (κ2) is 4.89. The Kier molecular flexibility index (Phi) is 3.06. The van der Waals surface area contributed by atoms with Crippen LogP contribution in [0.1, 0.15) is 15.9 Å². The lowest BCUT2D eigenvalue weighted by atomic mass is 10.2. The number of rotatable bonds is 3. The van der Waals surface area contributed by atoms with Gasteiger partial charge >= 0.3 is 0 Å². The normalized spacial score (nSPS) is 10.9. The molecule has 0 radical (unpaired) electrons. The smallest absolute Gasteiger partial charge is 0.163 e. The number of para-hydroxylation sites is 1. The molecule has 0 aliphatic heterocycles. The summed E-state index contributed by atoms with van der Waals surface area (Å²) in [6.45, 7) is 0.179. The molecule has 0 fully saturated rings. The van der Waals surface area contributed by atoms with Gasteiger partial charge in [-0.2, -0.15) is 0 Å². The number of hydrogen-bond donors (Lipinski definition) is 0. The molecule has 0 N–H and O–H groups in total. The predicted octanol–water partition coefficient (Wildman–Crippen LogP) is 3.78. The lowest BCUT2D eigenvalue weighted by Crippen LogP contribution is -2.02. The number of hydrogen-bond acceptors (Lipinski definition) is 1. The van der Waals surface area contributed by atoms with Crippen molar-refractivity contribution in [2.75, 3.05) is 0 Å². The van der Waals surface area contributed by atoms with Crippen LogP contribution >= 0.6 is 0 Å². The molecule has 0 saturated heterocycles. The minimum atomic E-state index is -0.866. The molecular formula is C16H11F2NO. The van der Waals surface area contributed by atoms with Gasteiger partial charge < -0.3 is 4.57 Å². The van der Waals surface area contributed by atoms with E-state index in [4.69, 9.17) is 0 Å². The van der Waals surface area contributed by atoms with Gasteiger partial charge in [0.25, 0.3) is 0 Å². The lowest BCUT2D eigenvalue weighted by molar-refractivity contribution is 0.112. The van der Waals surface area contributed by atoms with Crippen molar-refractivity contribution in [3.63, 3.8) is 0 Å². The van der Waals surface area contributed by atoms with Crippen LogP contribution < -0.4 is 0 Å². The number of benzene rings is 2. The summed E-state index contributed by atoms with van der Waals surface area (Å²) in [4.78, 5) is 11.1. The SMILES string of the molecule is O=Cc1cn(Cc2cccc(F)c2F)c2ccccc12. The number of carbonyl (C=O) groups is 1. The van der Waals surface area contributed by atoms with E-state index in [-0.39, 0.29) is 12.1 Å². The first-order chi connectivity index (χ1) is 9.70. The van der Waals surface area contributed by atoms with Crippen molar-refractivity contribution in [2.45, 2.75) is 6.54 Å². The Labute approximate surface area is 114 Å². The fourth-order valence-electron chi connectivity index (χ4n) is 2.35. The minimum absolute atomic E-state index is 0.179. The van der Waals surface area contributed by atoms with Crippen molar-refractivity contribution < 1.29 is 13.6 Å². The van der Waals surface area contributed by atoms with Gasteiger partial charge in [-0.15, -0.1) is 0 Å². The van der Waals surface area contributed by atoms with E-state index in [1.807, 2.05) is 24.3 Å². The highest BCUT2D eigenvalue weighted by atomic mass is 19.2. The highest BCUT2D eigenvalue weighted by Crippen LogP contribution is 2.22. The van der Waals surface area contributed by atoms with Gasteiger partial charge in [-0.05, 0) is 12.1 Å². The van der Waals surface area contributed by atoms with E-state index < -0.39 is 11.6 Å². The van der Waals surface area contributed by atoms with Crippen LogP contribution in [-0.4, -0.2) is 10.9 Å². The molecule has 0 saturated carbocycles. The van der Waals surface area contributed by atoms with Gasteiger partial charge in [-0.25, -0.2) is 8.78 Å². The molecule has 0 bridgehead atoms. The van der Waals surface area contributed by atoms with Gasteiger partial charge in [-0.3, -0.25) is 4.79 Å². The monoisotopic (exact) mass is 271 g/mol. The minimum Gasteiger partial charge on any atom is -0.342 e. The Hall–Kier alpha value is -2.49. The van der Waals surface area contributed by atoms with Crippen LogP contribution in [-0.2, 0) is 6.54 Å². The number of aromatic nitrogens is 1. The Balaban J connectivity index is 2.11. The summed E-state index contributed by atoms with van der Waals surface area (Å²) < 4.78 is 28.7. The fourth-order valence-corrected chi connectivity index (χ4v) is 2.35. The van der Waals surface area contributed by atoms with Crippen LogP contribution in [0.4, 0.5) is 8.78 Å². The molecule has 4 heteroatoms. The van der Waals surface area contributed by atoms with Crippen molar-refractivity contribution in [1.82, 2.24) is 4.57 Å². The molecule has 0 aliphatic rings. The molecule has 0 amide bonds. The topological polar surface area (TPSA) is 22.0 Å². The molecule has 1 heterocycles. The highest BCUT2D eigenvalue weighted by Gasteiger charge is 2.11. The third-order valence-electron chi connectivity index (χ3n) is 3.32. The van der Waals surface area contributed by atoms with E-state index in [0.717, 1.165) is 23.3 Å². The van der Waals surface area contributed by atoms with Crippen molar-refractivity contribution in [3.05, 3.63) is 71.4 Å². The zero-order valence-electron chi connectivity index (χ0n) is 10.5. The van der Waals surface area contributed by atoms with Crippen molar-refractivity contribution in [3.8, 4) is 0 Å². The van der Waals surface area contributed by atoms with E-state index in [2.05, 4.69) is 0 Å². The number of carbonyl (C=O) groups excluding carboxylic acids is 1. The summed E-state index contributed by atoms with van der Waals surface area (Å²) in [6, 6.07) is 11.5. The maximum absolute atomic E-state index is 13.7. The van der Waals surface area contributed by atoms with E-state index >= 15 is 0 Å². The third kappa shape index (κ3) is 1.99. The molecule has 3 aromatic rings. The number of halogens is 2. The number of aldehydes is 1. The molecule has 0 aliphatic carbocycles. The predicted molar refractivity (Wildman–Crippen MR) is 72.8 cm³/mol. The summed E-state index contributed by atoms with van der Waals surface area (Å²) >= 11 is 0. The first-order valence-electron chi connectivity index (χ1n) is 6.16. The maximum Gasteiger partial charge on any atom is 0.163 e. The molecule has 0 atom stereocenters. The fraction of sp³-hybridized carbons (Fsp3) is 0.0625. The van der Waals surface area contributed by atoms with Gasteiger partial charge in [0.1, 0.15) is 0 Å². The van der Waals surface area contributed by atoms with E-state index in [1.165, 1.54) is 12.1 Å². The standard InChI is InChI=1S/C16H11F2NO/c17-14-6-3-4-11(16(14)18)8-19-9-12(10-20)13-5-1-2-7-15(13)19/h1-7,9-10H,8H2. The molecule has 20 heavy (non-hydrogen) atoms. The summed E-state index contributed by atoms with van der Waals surface area (Å²) in [6.07, 6.45) is 2.42. The van der Waals surface area contributed by atoms with Crippen LogP contribution in [0.3, 0.4) is 0 Å². The van der Waals surface area contributed by atoms with Crippen LogP contribution in [0.5, 0.6) is 0 Å². The molecule has 0 unspecified atom stereocenters. The third-order valence-corrected chi connectivity index (χ3v) is 3.32. The molecule has 3 rings (SSSR count). The van der Waals surface area contributed by atoms with Crippen LogP contribution in [0.25, 0.3) is 10.9 Å². The van der Waals surface area contributed by atoms with Gasteiger partial charge in [0.05, 0.1) is 6.54 Å². The lowest BCUT2D eigenvalue weighted by Gasteiger charge is -2.07. The van der Waals surface area contributed by atoms with Gasteiger partial charge in [0.15, 0.2) is 17.9 Å². The maximum atomic E-state index is 13.7. The Morgan fingerprint density at radius 2 is 1.85 bits per heavy atom. The van der Waals surface area contributed by atoms with Crippen LogP contribution in [0, 0.1) is 11.6 Å². The summed E-state index contributed by atoms with van der Waals surface area (Å²) in [5.74, 6) is -1.72. The average molecular weight is 271 g/mol. The second-order valence-corrected chi connectivity index (χ2v) is 4.56. The first kappa shape index (κ1) is 12.5. The van der Waals surface area contributed by atoms with Crippen LogP contribution in [0.15, 0.2) is 48.7 Å². The largest absolute Gasteiger partial charge is 0.342 e. The number of fused-ring (bicyclic) bond motifs is 1. The van der Waals surface area contributed by atoms with E-state index in [9.17, 15) is 13.6 Å². The Bertz CT molecular complexity index is 792. The molecule has 0 spiro atoms. The quantitative estimate of drug-likeness (QED) is 0.664. The molecule has 2 aromatic carbocycles. The summed E-state index contributed by atoms with van der Waals surface area (Å²) in [5.41, 5.74) is 1.61. The van der Waals surface area contributed by atoms with E-state index in [0.29, 0.717) is 5.56 Å². The molecular weight excluding hydrogens is 260 g/mol. The molecule has 2 nitrogen and oxygen atoms in total. The summed E-state index contributed by atoms with van der Waals surface area (Å²) in [5, 5.41) is 0.805. The zero-order valence-corrected chi connectivity index (χ0v) is 10.5. The van der Waals surface area contributed by atoms with Crippen molar-refractivity contribution >= 4 is 17.2 Å². The Morgan fingerprint density at radius 3 is 2.65 bits per heavy atom.